The van der Waals surface area contributed by atoms with E-state index in [1.165, 1.54) is 6.07 Å². The van der Waals surface area contributed by atoms with Crippen molar-refractivity contribution in [3.63, 3.8) is 0 Å². The Labute approximate surface area is 117 Å². The Morgan fingerprint density at radius 1 is 1.50 bits per heavy atom. The van der Waals surface area contributed by atoms with Gasteiger partial charge in [-0.15, -0.1) is 0 Å². The number of nitrogens with one attached hydrogen (secondary N) is 1. The van der Waals surface area contributed by atoms with E-state index in [4.69, 9.17) is 0 Å². The molecule has 0 spiro atoms. The van der Waals surface area contributed by atoms with Crippen molar-refractivity contribution in [3.05, 3.63) is 23.6 Å². The van der Waals surface area contributed by atoms with E-state index in [9.17, 15) is 14.3 Å². The third-order valence-corrected chi connectivity index (χ3v) is 3.67. The van der Waals surface area contributed by atoms with Crippen molar-refractivity contribution in [2.75, 3.05) is 25.5 Å². The average molecular weight is 281 g/mol. The van der Waals surface area contributed by atoms with Gasteiger partial charge in [-0.05, 0) is 32.3 Å². The molecule has 1 unspecified atom stereocenters. The highest BCUT2D eigenvalue weighted by atomic mass is 19.1. The normalized spacial score (nSPS) is 23.3. The molecular formula is C14H20FN3O2. The van der Waals surface area contributed by atoms with Gasteiger partial charge in [0.1, 0.15) is 11.6 Å². The minimum absolute atomic E-state index is 0.231. The number of carbonyl (C=O) groups is 1. The molecule has 0 saturated carbocycles. The van der Waals surface area contributed by atoms with E-state index < -0.39 is 11.4 Å². The average Bonchev–Trinajstić information content (AvgIpc) is 2.59. The molecule has 2 rings (SSSR count). The maximum Gasteiger partial charge on any atom is 0.257 e. The summed E-state index contributed by atoms with van der Waals surface area (Å²) in [6.07, 6.45) is 3.00. The Kier molecular flexibility index (Phi) is 4.23. The molecule has 1 fully saturated rings. The summed E-state index contributed by atoms with van der Waals surface area (Å²) in [6.45, 7) is 2.81. The Morgan fingerprint density at radius 3 is 2.95 bits per heavy atom. The van der Waals surface area contributed by atoms with Crippen LogP contribution in [0, 0.1) is 5.82 Å². The second-order valence-electron chi connectivity index (χ2n) is 5.44. The molecule has 0 bridgehead atoms. The number of amides is 1. The highest BCUT2D eigenvalue weighted by molar-refractivity contribution is 5.98. The van der Waals surface area contributed by atoms with Crippen LogP contribution in [0.5, 0.6) is 0 Å². The highest BCUT2D eigenvalue weighted by Gasteiger charge is 2.28. The van der Waals surface area contributed by atoms with Crippen molar-refractivity contribution >= 4 is 11.7 Å². The Morgan fingerprint density at radius 2 is 2.25 bits per heavy atom. The molecule has 20 heavy (non-hydrogen) atoms. The van der Waals surface area contributed by atoms with Gasteiger partial charge in [-0.2, -0.15) is 0 Å². The summed E-state index contributed by atoms with van der Waals surface area (Å²) in [5.74, 6) is -0.416. The van der Waals surface area contributed by atoms with Crippen LogP contribution in [0.25, 0.3) is 0 Å². The van der Waals surface area contributed by atoms with Crippen LogP contribution in [0.1, 0.15) is 36.5 Å². The zero-order valence-electron chi connectivity index (χ0n) is 11.8. The molecule has 110 valence electrons. The van der Waals surface area contributed by atoms with Crippen LogP contribution in [-0.2, 0) is 0 Å². The van der Waals surface area contributed by atoms with Crippen LogP contribution in [-0.4, -0.2) is 46.6 Å². The molecule has 1 aromatic rings. The number of nitrogens with zero attached hydrogens (tertiary/aromatic N) is 2. The van der Waals surface area contributed by atoms with Gasteiger partial charge in [0.05, 0.1) is 17.4 Å². The second kappa shape index (κ2) is 5.75. The lowest BCUT2D eigenvalue weighted by molar-refractivity contribution is 0.0438. The first kappa shape index (κ1) is 14.7. The maximum absolute atomic E-state index is 13.3. The van der Waals surface area contributed by atoms with Crippen LogP contribution in [0.4, 0.5) is 10.2 Å². The van der Waals surface area contributed by atoms with E-state index in [1.54, 1.807) is 18.9 Å². The standard InChI is InChI=1S/C14H20FN3O2/c1-14(20)4-3-6-18(7-5-14)13(19)11-8-10(15)9-17-12(11)16-2/h8-9,20H,3-7H2,1-2H3,(H,16,17). The molecule has 0 aliphatic carbocycles. The van der Waals surface area contributed by atoms with Gasteiger partial charge in [0.25, 0.3) is 5.91 Å². The number of pyridine rings is 1. The fraction of sp³-hybridized carbons (Fsp3) is 0.571. The van der Waals surface area contributed by atoms with Gasteiger partial charge in [0.15, 0.2) is 0 Å². The zero-order valence-corrected chi connectivity index (χ0v) is 11.8. The lowest BCUT2D eigenvalue weighted by atomic mass is 9.98. The van der Waals surface area contributed by atoms with Crippen molar-refractivity contribution in [1.82, 2.24) is 9.88 Å². The quantitative estimate of drug-likeness (QED) is 0.865. The summed E-state index contributed by atoms with van der Waals surface area (Å²) in [7, 11) is 1.64. The first-order valence-electron chi connectivity index (χ1n) is 6.78. The third-order valence-electron chi connectivity index (χ3n) is 3.67. The molecular weight excluding hydrogens is 261 g/mol. The molecule has 6 heteroatoms. The minimum atomic E-state index is -0.735. The van der Waals surface area contributed by atoms with Crippen LogP contribution in [0.3, 0.4) is 0 Å². The van der Waals surface area contributed by atoms with Gasteiger partial charge in [-0.1, -0.05) is 0 Å². The first-order chi connectivity index (χ1) is 9.43. The van der Waals surface area contributed by atoms with E-state index in [1.807, 2.05) is 0 Å². The Hall–Kier alpha value is -1.69. The van der Waals surface area contributed by atoms with Crippen molar-refractivity contribution in [2.45, 2.75) is 31.8 Å². The monoisotopic (exact) mass is 281 g/mol. The van der Waals surface area contributed by atoms with Gasteiger partial charge in [-0.25, -0.2) is 9.37 Å². The second-order valence-corrected chi connectivity index (χ2v) is 5.44. The number of likely N-dealkylation sites (tertiary alicyclic amines) is 1. The molecule has 1 saturated heterocycles. The largest absolute Gasteiger partial charge is 0.390 e. The smallest absolute Gasteiger partial charge is 0.257 e. The van der Waals surface area contributed by atoms with Crippen molar-refractivity contribution in [2.24, 2.45) is 0 Å². The van der Waals surface area contributed by atoms with E-state index in [0.717, 1.165) is 12.6 Å². The van der Waals surface area contributed by atoms with Gasteiger partial charge in [-0.3, -0.25) is 4.79 Å². The van der Waals surface area contributed by atoms with Crippen LogP contribution >= 0.6 is 0 Å². The van der Waals surface area contributed by atoms with E-state index >= 15 is 0 Å². The summed E-state index contributed by atoms with van der Waals surface area (Å²) in [6, 6.07) is 1.20. The predicted octanol–water partition coefficient (Wildman–Crippen LogP) is 1.64. The minimum Gasteiger partial charge on any atom is -0.390 e. The molecule has 1 aliphatic rings. The van der Waals surface area contributed by atoms with Gasteiger partial charge in [0, 0.05) is 20.1 Å². The first-order valence-corrected chi connectivity index (χ1v) is 6.78. The van der Waals surface area contributed by atoms with Crippen LogP contribution in [0.15, 0.2) is 12.3 Å². The molecule has 1 aliphatic heterocycles. The van der Waals surface area contributed by atoms with E-state index in [2.05, 4.69) is 10.3 Å². The molecule has 1 amide bonds. The van der Waals surface area contributed by atoms with Crippen molar-refractivity contribution in [3.8, 4) is 0 Å². The topological polar surface area (TPSA) is 65.5 Å². The number of aromatic nitrogens is 1. The number of hydrogen-bond acceptors (Lipinski definition) is 4. The van der Waals surface area contributed by atoms with Crippen LogP contribution in [0.2, 0.25) is 0 Å². The summed E-state index contributed by atoms with van der Waals surface area (Å²) in [5, 5.41) is 12.8. The SMILES string of the molecule is CNc1ncc(F)cc1C(=O)N1CCCC(C)(O)CC1. The zero-order chi connectivity index (χ0) is 14.8. The molecule has 5 nitrogen and oxygen atoms in total. The number of anilines is 1. The number of carbonyl (C=O) groups excluding carboxylic acids is 1. The van der Waals surface area contributed by atoms with Crippen molar-refractivity contribution < 1.29 is 14.3 Å². The molecule has 1 atom stereocenters. The lowest BCUT2D eigenvalue weighted by Crippen LogP contribution is -2.34. The number of aliphatic hydroxyl groups is 1. The Bertz CT molecular complexity index is 505. The summed E-state index contributed by atoms with van der Waals surface area (Å²) >= 11 is 0. The molecule has 0 radical (unpaired) electrons. The number of hydrogen-bond donors (Lipinski definition) is 2. The molecule has 2 N–H and O–H groups in total. The van der Waals surface area contributed by atoms with Gasteiger partial charge < -0.3 is 15.3 Å². The van der Waals surface area contributed by atoms with E-state index in [0.29, 0.717) is 31.7 Å². The predicted molar refractivity (Wildman–Crippen MR) is 74.1 cm³/mol. The van der Waals surface area contributed by atoms with Crippen LogP contribution < -0.4 is 5.32 Å². The number of halogens is 1. The highest BCUT2D eigenvalue weighted by Crippen LogP contribution is 2.23. The fourth-order valence-corrected chi connectivity index (χ4v) is 2.44. The summed E-state index contributed by atoms with van der Waals surface area (Å²) in [4.78, 5) is 18.0. The maximum atomic E-state index is 13.3. The summed E-state index contributed by atoms with van der Waals surface area (Å²) in [5.41, 5.74) is -0.504. The number of rotatable bonds is 2. The molecule has 0 aromatic carbocycles. The van der Waals surface area contributed by atoms with Gasteiger partial charge >= 0.3 is 0 Å². The summed E-state index contributed by atoms with van der Waals surface area (Å²) < 4.78 is 13.3. The molecule has 1 aromatic heterocycles. The molecule has 2 heterocycles. The van der Waals surface area contributed by atoms with E-state index in [-0.39, 0.29) is 11.5 Å². The Balaban J connectivity index is 2.21. The third kappa shape index (κ3) is 3.25. The van der Waals surface area contributed by atoms with Gasteiger partial charge in [0.2, 0.25) is 0 Å². The fourth-order valence-electron chi connectivity index (χ4n) is 2.44. The van der Waals surface area contributed by atoms with Crippen molar-refractivity contribution in [1.29, 1.82) is 0 Å². The lowest BCUT2D eigenvalue weighted by Gasteiger charge is -2.23.